The second-order valence-corrected chi connectivity index (χ2v) is 3.76. The van der Waals surface area contributed by atoms with E-state index in [1.165, 1.54) is 7.11 Å². The molecule has 0 saturated heterocycles. The number of rotatable bonds is 3. The number of aromatic nitrogens is 2. The molecule has 5 heteroatoms. The maximum atomic E-state index is 11.6. The number of methoxy groups -OCH3 is 1. The van der Waals surface area contributed by atoms with Crippen molar-refractivity contribution >= 4 is 34.5 Å². The zero-order valence-corrected chi connectivity index (χ0v) is 9.99. The SMILES string of the molecule is COC(=O)c1cc(C=CCCl)cc2[nH]ncc12. The van der Waals surface area contributed by atoms with Crippen LogP contribution in [0.4, 0.5) is 0 Å². The fourth-order valence-corrected chi connectivity index (χ4v) is 1.72. The molecule has 0 aliphatic heterocycles. The number of aromatic amines is 1. The fourth-order valence-electron chi connectivity index (χ4n) is 1.63. The van der Waals surface area contributed by atoms with Crippen LogP contribution in [-0.2, 0) is 4.74 Å². The molecule has 1 N–H and O–H groups in total. The van der Waals surface area contributed by atoms with E-state index in [4.69, 9.17) is 16.3 Å². The zero-order chi connectivity index (χ0) is 12.3. The molecular weight excluding hydrogens is 240 g/mol. The number of ether oxygens (including phenoxy) is 1. The van der Waals surface area contributed by atoms with Crippen molar-refractivity contribution in [1.82, 2.24) is 10.2 Å². The van der Waals surface area contributed by atoms with Gasteiger partial charge in [0, 0.05) is 11.3 Å². The molecule has 0 fully saturated rings. The maximum Gasteiger partial charge on any atom is 0.338 e. The Morgan fingerprint density at radius 3 is 3.12 bits per heavy atom. The highest BCUT2D eigenvalue weighted by atomic mass is 35.5. The topological polar surface area (TPSA) is 55.0 Å². The van der Waals surface area contributed by atoms with E-state index < -0.39 is 0 Å². The smallest absolute Gasteiger partial charge is 0.338 e. The molecule has 0 saturated carbocycles. The van der Waals surface area contributed by atoms with Gasteiger partial charge in [-0.15, -0.1) is 11.6 Å². The Labute approximate surface area is 103 Å². The Morgan fingerprint density at radius 1 is 1.59 bits per heavy atom. The third-order valence-electron chi connectivity index (χ3n) is 2.39. The highest BCUT2D eigenvalue weighted by Crippen LogP contribution is 2.20. The number of esters is 1. The third kappa shape index (κ3) is 2.31. The Kier molecular flexibility index (Phi) is 3.44. The van der Waals surface area contributed by atoms with E-state index in [0.29, 0.717) is 11.4 Å². The molecule has 2 rings (SSSR count). The Morgan fingerprint density at radius 2 is 2.41 bits per heavy atom. The molecule has 88 valence electrons. The summed E-state index contributed by atoms with van der Waals surface area (Å²) in [6.07, 6.45) is 5.26. The Hall–Kier alpha value is -1.81. The maximum absolute atomic E-state index is 11.6. The van der Waals surface area contributed by atoms with E-state index >= 15 is 0 Å². The summed E-state index contributed by atoms with van der Waals surface area (Å²) in [5.41, 5.74) is 2.16. The first kappa shape index (κ1) is 11.7. The standard InChI is InChI=1S/C12H11ClN2O2/c1-17-12(16)9-5-8(3-2-4-13)6-11-10(9)7-14-15-11/h2-3,5-7H,4H2,1H3,(H,14,15). The molecule has 0 unspecified atom stereocenters. The minimum absolute atomic E-state index is 0.377. The molecule has 1 heterocycles. The van der Waals surface area contributed by atoms with Crippen molar-refractivity contribution in [3.63, 3.8) is 0 Å². The van der Waals surface area contributed by atoms with Crippen molar-refractivity contribution in [2.45, 2.75) is 0 Å². The van der Waals surface area contributed by atoms with Gasteiger partial charge < -0.3 is 4.74 Å². The van der Waals surface area contributed by atoms with E-state index in [2.05, 4.69) is 10.2 Å². The molecule has 17 heavy (non-hydrogen) atoms. The molecule has 0 radical (unpaired) electrons. The monoisotopic (exact) mass is 250 g/mol. The first-order chi connectivity index (χ1) is 8.26. The van der Waals surface area contributed by atoms with Crippen LogP contribution >= 0.6 is 11.6 Å². The van der Waals surface area contributed by atoms with E-state index in [-0.39, 0.29) is 5.97 Å². The van der Waals surface area contributed by atoms with Crippen LogP contribution in [0.5, 0.6) is 0 Å². The lowest BCUT2D eigenvalue weighted by Gasteiger charge is -2.02. The Bertz CT molecular complexity index is 575. The number of nitrogens with zero attached hydrogens (tertiary/aromatic N) is 1. The lowest BCUT2D eigenvalue weighted by molar-refractivity contribution is 0.0603. The van der Waals surface area contributed by atoms with Gasteiger partial charge >= 0.3 is 5.97 Å². The van der Waals surface area contributed by atoms with Crippen molar-refractivity contribution in [1.29, 1.82) is 0 Å². The minimum atomic E-state index is -0.377. The van der Waals surface area contributed by atoms with E-state index in [9.17, 15) is 4.79 Å². The fraction of sp³-hybridized carbons (Fsp3) is 0.167. The number of carbonyl (C=O) groups excluding carboxylic acids is 1. The summed E-state index contributed by atoms with van der Waals surface area (Å²) in [6.45, 7) is 0. The summed E-state index contributed by atoms with van der Waals surface area (Å²) >= 11 is 5.58. The van der Waals surface area contributed by atoms with Crippen LogP contribution in [0.25, 0.3) is 17.0 Å². The zero-order valence-electron chi connectivity index (χ0n) is 9.24. The lowest BCUT2D eigenvalue weighted by Crippen LogP contribution is -2.02. The first-order valence-corrected chi connectivity index (χ1v) is 5.57. The normalized spacial score (nSPS) is 11.2. The molecule has 4 nitrogen and oxygen atoms in total. The molecule has 2 aromatic rings. The third-order valence-corrected chi connectivity index (χ3v) is 2.56. The number of allylic oxidation sites excluding steroid dienone is 1. The first-order valence-electron chi connectivity index (χ1n) is 5.04. The number of alkyl halides is 1. The number of fused-ring (bicyclic) bond motifs is 1. The van der Waals surface area contributed by atoms with Gasteiger partial charge in [0.1, 0.15) is 0 Å². The number of halogens is 1. The molecule has 0 aliphatic rings. The lowest BCUT2D eigenvalue weighted by atomic mass is 10.1. The molecule has 0 spiro atoms. The van der Waals surface area contributed by atoms with Gasteiger partial charge in [-0.05, 0) is 17.7 Å². The average molecular weight is 251 g/mol. The van der Waals surface area contributed by atoms with Crippen LogP contribution in [0.3, 0.4) is 0 Å². The molecule has 0 aliphatic carbocycles. The highest BCUT2D eigenvalue weighted by Gasteiger charge is 2.12. The van der Waals surface area contributed by atoms with Crippen LogP contribution in [0.1, 0.15) is 15.9 Å². The average Bonchev–Trinajstić information content (AvgIpc) is 2.82. The molecule has 0 bridgehead atoms. The van der Waals surface area contributed by atoms with E-state index in [1.54, 1.807) is 18.3 Å². The predicted octanol–water partition coefficient (Wildman–Crippen LogP) is 2.60. The quantitative estimate of drug-likeness (QED) is 0.673. The second kappa shape index (κ2) is 5.01. The number of carbonyl (C=O) groups is 1. The number of benzene rings is 1. The van der Waals surface area contributed by atoms with E-state index in [0.717, 1.165) is 16.5 Å². The summed E-state index contributed by atoms with van der Waals surface area (Å²) in [4.78, 5) is 11.6. The second-order valence-electron chi connectivity index (χ2n) is 3.45. The van der Waals surface area contributed by atoms with E-state index in [1.807, 2.05) is 12.1 Å². The molecule has 0 amide bonds. The van der Waals surface area contributed by atoms with Gasteiger partial charge in [0.25, 0.3) is 0 Å². The van der Waals surface area contributed by atoms with Gasteiger partial charge in [-0.3, -0.25) is 5.10 Å². The van der Waals surface area contributed by atoms with Crippen molar-refractivity contribution in [2.24, 2.45) is 0 Å². The van der Waals surface area contributed by atoms with Crippen LogP contribution in [-0.4, -0.2) is 29.2 Å². The number of H-pyrrole nitrogens is 1. The van der Waals surface area contributed by atoms with Crippen LogP contribution in [0, 0.1) is 0 Å². The van der Waals surface area contributed by atoms with Crippen molar-refractivity contribution in [3.8, 4) is 0 Å². The van der Waals surface area contributed by atoms with Gasteiger partial charge in [-0.2, -0.15) is 5.10 Å². The van der Waals surface area contributed by atoms with Crippen molar-refractivity contribution < 1.29 is 9.53 Å². The van der Waals surface area contributed by atoms with Crippen LogP contribution in [0.2, 0.25) is 0 Å². The van der Waals surface area contributed by atoms with Gasteiger partial charge in [-0.1, -0.05) is 12.2 Å². The highest BCUT2D eigenvalue weighted by molar-refractivity contribution is 6.19. The van der Waals surface area contributed by atoms with Gasteiger partial charge in [0.2, 0.25) is 0 Å². The van der Waals surface area contributed by atoms with Crippen LogP contribution in [0.15, 0.2) is 24.4 Å². The summed E-state index contributed by atoms with van der Waals surface area (Å²) in [5.74, 6) is 0.0479. The molecule has 0 atom stereocenters. The predicted molar refractivity (Wildman–Crippen MR) is 67.2 cm³/mol. The summed E-state index contributed by atoms with van der Waals surface area (Å²) in [6, 6.07) is 3.66. The molecule has 1 aromatic heterocycles. The Balaban J connectivity index is 2.58. The number of hydrogen-bond acceptors (Lipinski definition) is 3. The summed E-state index contributed by atoms with van der Waals surface area (Å²) < 4.78 is 4.74. The van der Waals surface area contributed by atoms with Crippen LogP contribution < -0.4 is 0 Å². The van der Waals surface area contributed by atoms with Crippen molar-refractivity contribution in [2.75, 3.05) is 13.0 Å². The van der Waals surface area contributed by atoms with Crippen molar-refractivity contribution in [3.05, 3.63) is 35.5 Å². The number of nitrogens with one attached hydrogen (secondary N) is 1. The van der Waals surface area contributed by atoms with Gasteiger partial charge in [0.05, 0.1) is 24.4 Å². The number of hydrogen-bond donors (Lipinski definition) is 1. The summed E-state index contributed by atoms with van der Waals surface area (Å²) in [7, 11) is 1.36. The molecular formula is C12H11ClN2O2. The summed E-state index contributed by atoms with van der Waals surface area (Å²) in [5, 5.41) is 7.50. The largest absolute Gasteiger partial charge is 0.465 e. The van der Waals surface area contributed by atoms with Gasteiger partial charge in [0.15, 0.2) is 0 Å². The van der Waals surface area contributed by atoms with Gasteiger partial charge in [-0.25, -0.2) is 4.79 Å². The minimum Gasteiger partial charge on any atom is -0.465 e. The molecule has 1 aromatic carbocycles.